The van der Waals surface area contributed by atoms with Crippen LogP contribution in [-0.2, 0) is 12.0 Å². The topological polar surface area (TPSA) is 12.0 Å². The molecule has 1 fully saturated rings. The number of hydrogen-bond acceptors (Lipinski definition) is 1. The van der Waals surface area contributed by atoms with E-state index in [4.69, 9.17) is 0 Å². The van der Waals surface area contributed by atoms with Gasteiger partial charge in [-0.05, 0) is 35.8 Å². The Hall–Kier alpha value is -0.820. The molecule has 0 radical (unpaired) electrons. The van der Waals surface area contributed by atoms with Crippen molar-refractivity contribution in [1.82, 2.24) is 5.32 Å². The zero-order chi connectivity index (χ0) is 11.6. The summed E-state index contributed by atoms with van der Waals surface area (Å²) in [4.78, 5) is 0. The maximum absolute atomic E-state index is 3.45. The predicted octanol–water partition coefficient (Wildman–Crippen LogP) is 3.63. The van der Waals surface area contributed by atoms with Crippen LogP contribution in [0.1, 0.15) is 51.2 Å². The second-order valence-corrected chi connectivity index (χ2v) is 5.37. The van der Waals surface area contributed by atoms with Crippen LogP contribution < -0.4 is 5.32 Å². The minimum absolute atomic E-state index is 0.546. The molecule has 2 rings (SSSR count). The molecule has 1 aliphatic rings. The Bertz CT molecular complexity index is 333. The van der Waals surface area contributed by atoms with Gasteiger partial charge in [0.25, 0.3) is 0 Å². The second kappa shape index (κ2) is 4.58. The van der Waals surface area contributed by atoms with Gasteiger partial charge in [0.05, 0.1) is 0 Å². The molecule has 1 nitrogen and oxygen atoms in total. The molecule has 0 amide bonds. The lowest BCUT2D eigenvalue weighted by molar-refractivity contribution is 0.588. The molecular formula is C15H23N. The Labute approximate surface area is 99.3 Å². The molecule has 0 aliphatic heterocycles. The molecule has 1 aromatic rings. The molecule has 16 heavy (non-hydrogen) atoms. The summed E-state index contributed by atoms with van der Waals surface area (Å²) in [5.74, 6) is 0. The van der Waals surface area contributed by atoms with Crippen LogP contribution in [0.25, 0.3) is 0 Å². The Kier molecular flexibility index (Phi) is 3.34. The van der Waals surface area contributed by atoms with E-state index >= 15 is 0 Å². The van der Waals surface area contributed by atoms with Gasteiger partial charge in [-0.1, -0.05) is 45.0 Å². The predicted molar refractivity (Wildman–Crippen MR) is 69.6 cm³/mol. The fraction of sp³-hybridized carbons (Fsp3) is 0.600. The summed E-state index contributed by atoms with van der Waals surface area (Å²) in [5, 5.41) is 3.45. The Morgan fingerprint density at radius 3 is 2.25 bits per heavy atom. The fourth-order valence-electron chi connectivity index (χ4n) is 2.30. The summed E-state index contributed by atoms with van der Waals surface area (Å²) in [5.41, 5.74) is 3.48. The van der Waals surface area contributed by atoms with Crippen LogP contribution in [0.5, 0.6) is 0 Å². The largest absolute Gasteiger partial charge is 0.310 e. The number of hydrogen-bond donors (Lipinski definition) is 1. The first-order chi connectivity index (χ1) is 7.66. The average Bonchev–Trinajstić information content (AvgIpc) is 3.08. The van der Waals surface area contributed by atoms with Gasteiger partial charge in [0, 0.05) is 12.6 Å². The molecule has 0 atom stereocenters. The van der Waals surface area contributed by atoms with Gasteiger partial charge < -0.3 is 5.32 Å². The van der Waals surface area contributed by atoms with Crippen LogP contribution in [0.3, 0.4) is 0 Å². The molecule has 0 bridgehead atoms. The fourth-order valence-corrected chi connectivity index (χ4v) is 2.30. The van der Waals surface area contributed by atoms with E-state index in [2.05, 4.69) is 50.4 Å². The second-order valence-electron chi connectivity index (χ2n) is 5.37. The van der Waals surface area contributed by atoms with Crippen molar-refractivity contribution in [2.24, 2.45) is 0 Å². The van der Waals surface area contributed by atoms with E-state index < -0.39 is 0 Å². The summed E-state index contributed by atoms with van der Waals surface area (Å²) >= 11 is 0. The van der Waals surface area contributed by atoms with Gasteiger partial charge in [0.2, 0.25) is 0 Å². The quantitative estimate of drug-likeness (QED) is 0.794. The highest BCUT2D eigenvalue weighted by molar-refractivity contribution is 5.33. The normalized spacial score (nSPS) is 17.8. The van der Waals surface area contributed by atoms with Crippen molar-refractivity contribution in [3.05, 3.63) is 35.4 Å². The molecule has 0 heterocycles. The van der Waals surface area contributed by atoms with Crippen molar-refractivity contribution < 1.29 is 0 Å². The van der Waals surface area contributed by atoms with E-state index in [1.165, 1.54) is 24.8 Å². The Morgan fingerprint density at radius 1 is 1.19 bits per heavy atom. The van der Waals surface area contributed by atoms with Gasteiger partial charge in [-0.2, -0.15) is 0 Å². The van der Waals surface area contributed by atoms with Crippen molar-refractivity contribution in [3.63, 3.8) is 0 Å². The van der Waals surface area contributed by atoms with Crippen LogP contribution in [0, 0.1) is 0 Å². The molecule has 1 aliphatic carbocycles. The van der Waals surface area contributed by atoms with E-state index in [0.29, 0.717) is 11.5 Å². The van der Waals surface area contributed by atoms with Gasteiger partial charge in [-0.3, -0.25) is 0 Å². The molecular weight excluding hydrogens is 194 g/mol. The van der Waals surface area contributed by atoms with Crippen molar-refractivity contribution in [1.29, 1.82) is 0 Å². The van der Waals surface area contributed by atoms with E-state index in [9.17, 15) is 0 Å². The summed E-state index contributed by atoms with van der Waals surface area (Å²) in [6.07, 6.45) is 4.05. The highest BCUT2D eigenvalue weighted by Crippen LogP contribution is 2.50. The lowest BCUT2D eigenvalue weighted by atomic mass is 9.92. The van der Waals surface area contributed by atoms with Gasteiger partial charge in [0.1, 0.15) is 0 Å². The molecule has 1 heteroatoms. The van der Waals surface area contributed by atoms with Crippen LogP contribution in [-0.4, -0.2) is 6.04 Å². The monoisotopic (exact) mass is 217 g/mol. The third-order valence-corrected chi connectivity index (χ3v) is 3.81. The zero-order valence-electron chi connectivity index (χ0n) is 10.7. The highest BCUT2D eigenvalue weighted by atomic mass is 14.9. The van der Waals surface area contributed by atoms with E-state index in [-0.39, 0.29) is 0 Å². The van der Waals surface area contributed by atoms with Gasteiger partial charge in [0.15, 0.2) is 0 Å². The highest BCUT2D eigenvalue weighted by Gasteiger charge is 2.41. The van der Waals surface area contributed by atoms with Gasteiger partial charge in [-0.25, -0.2) is 0 Å². The third kappa shape index (κ3) is 2.46. The summed E-state index contributed by atoms with van der Waals surface area (Å²) in [7, 11) is 0. The molecule has 1 aromatic carbocycles. The maximum Gasteiger partial charge on any atom is 0.0207 e. The molecule has 1 N–H and O–H groups in total. The Morgan fingerprint density at radius 2 is 1.81 bits per heavy atom. The third-order valence-electron chi connectivity index (χ3n) is 3.81. The number of nitrogens with one attached hydrogen (secondary N) is 1. The van der Waals surface area contributed by atoms with Gasteiger partial charge >= 0.3 is 0 Å². The zero-order valence-corrected chi connectivity index (χ0v) is 10.7. The number of rotatable bonds is 5. The van der Waals surface area contributed by atoms with Crippen molar-refractivity contribution in [3.8, 4) is 0 Å². The first kappa shape index (κ1) is 11.7. The van der Waals surface area contributed by atoms with E-state index in [0.717, 1.165) is 6.54 Å². The van der Waals surface area contributed by atoms with Crippen molar-refractivity contribution >= 4 is 0 Å². The van der Waals surface area contributed by atoms with Crippen molar-refractivity contribution in [2.75, 3.05) is 0 Å². The molecule has 1 saturated carbocycles. The smallest absolute Gasteiger partial charge is 0.0207 e. The maximum atomic E-state index is 3.45. The molecule has 0 spiro atoms. The SMILES string of the molecule is CCC1(c2ccc(CNC(C)C)cc2)CC1. The summed E-state index contributed by atoms with van der Waals surface area (Å²) in [6, 6.07) is 9.77. The van der Waals surface area contributed by atoms with E-state index in [1.54, 1.807) is 5.56 Å². The first-order valence-corrected chi connectivity index (χ1v) is 6.49. The summed E-state index contributed by atoms with van der Waals surface area (Å²) < 4.78 is 0. The minimum atomic E-state index is 0.546. The molecule has 88 valence electrons. The van der Waals surface area contributed by atoms with Crippen molar-refractivity contribution in [2.45, 2.75) is 58.0 Å². The van der Waals surface area contributed by atoms with Crippen LogP contribution in [0.2, 0.25) is 0 Å². The molecule has 0 saturated heterocycles. The van der Waals surface area contributed by atoms with Crippen LogP contribution in [0.15, 0.2) is 24.3 Å². The first-order valence-electron chi connectivity index (χ1n) is 6.49. The Balaban J connectivity index is 2.00. The minimum Gasteiger partial charge on any atom is -0.310 e. The lowest BCUT2D eigenvalue weighted by Gasteiger charge is -2.14. The lowest BCUT2D eigenvalue weighted by Crippen LogP contribution is -2.21. The average molecular weight is 217 g/mol. The van der Waals surface area contributed by atoms with Crippen LogP contribution >= 0.6 is 0 Å². The standard InChI is InChI=1S/C15H23N/c1-4-15(9-10-15)14-7-5-13(6-8-14)11-16-12(2)3/h5-8,12,16H,4,9-11H2,1-3H3. The number of benzene rings is 1. The summed E-state index contributed by atoms with van der Waals surface area (Å²) in [6.45, 7) is 7.66. The molecule has 0 unspecified atom stereocenters. The molecule has 0 aromatic heterocycles. The van der Waals surface area contributed by atoms with E-state index in [1.807, 2.05) is 0 Å². The van der Waals surface area contributed by atoms with Gasteiger partial charge in [-0.15, -0.1) is 0 Å². The van der Waals surface area contributed by atoms with Crippen LogP contribution in [0.4, 0.5) is 0 Å².